The molecule has 0 saturated heterocycles. The van der Waals surface area contributed by atoms with Gasteiger partial charge in [-0.25, -0.2) is 18.1 Å². The van der Waals surface area contributed by atoms with Crippen LogP contribution in [0.3, 0.4) is 0 Å². The average Bonchev–Trinajstić information content (AvgIpc) is 2.98. The van der Waals surface area contributed by atoms with Crippen LogP contribution in [0.1, 0.15) is 32.2 Å². The molecule has 28 heavy (non-hydrogen) atoms. The highest BCUT2D eigenvalue weighted by molar-refractivity contribution is 14.0. The molecule has 0 unspecified atom stereocenters. The van der Waals surface area contributed by atoms with Crippen molar-refractivity contribution in [3.05, 3.63) is 42.0 Å². The maximum atomic E-state index is 12.7. The number of sulfonamides is 1. The largest absolute Gasteiger partial charge is 0.352 e. The van der Waals surface area contributed by atoms with Gasteiger partial charge in [-0.15, -0.1) is 24.0 Å². The minimum Gasteiger partial charge on any atom is -0.352 e. The number of aromatic nitrogens is 3. The molecule has 2 rings (SSSR count). The van der Waals surface area contributed by atoms with Gasteiger partial charge in [0.05, 0.1) is 11.4 Å². The molecule has 0 bridgehead atoms. The Hall–Kier alpha value is -1.73. The SMILES string of the molecule is CN=C(NCc1ccccc1S(=O)(=O)NC(C)(C)C)NCc1ncnn1C.I. The van der Waals surface area contributed by atoms with Gasteiger partial charge in [0.25, 0.3) is 0 Å². The van der Waals surface area contributed by atoms with Crippen LogP contribution in [0.2, 0.25) is 0 Å². The standard InChI is InChI=1S/C17H27N7O2S.HI/c1-17(2,3)23-27(25,26)14-9-7-6-8-13(14)10-19-16(18-4)20-11-15-21-12-22-24(15)5;/h6-9,12,23H,10-11H2,1-5H3,(H2,18,19,20);1H. The number of guanidine groups is 1. The van der Waals surface area contributed by atoms with E-state index in [4.69, 9.17) is 0 Å². The van der Waals surface area contributed by atoms with Crippen LogP contribution in [-0.4, -0.2) is 41.7 Å². The molecule has 0 fully saturated rings. The summed E-state index contributed by atoms with van der Waals surface area (Å²) in [6.45, 7) is 6.18. The molecule has 2 aromatic rings. The zero-order valence-electron chi connectivity index (χ0n) is 16.7. The van der Waals surface area contributed by atoms with E-state index in [1.165, 1.54) is 6.33 Å². The number of hydrogen-bond acceptors (Lipinski definition) is 5. The fourth-order valence-corrected chi connectivity index (χ4v) is 4.07. The van der Waals surface area contributed by atoms with Crippen molar-refractivity contribution < 1.29 is 8.42 Å². The maximum Gasteiger partial charge on any atom is 0.241 e. The molecule has 0 aliphatic heterocycles. The Bertz CT molecular complexity index is 904. The van der Waals surface area contributed by atoms with Crippen molar-refractivity contribution in [2.75, 3.05) is 7.05 Å². The Morgan fingerprint density at radius 3 is 2.39 bits per heavy atom. The molecule has 0 aliphatic carbocycles. The second-order valence-electron chi connectivity index (χ2n) is 7.04. The van der Waals surface area contributed by atoms with Crippen molar-refractivity contribution in [2.24, 2.45) is 12.0 Å². The van der Waals surface area contributed by atoms with Crippen LogP contribution in [0, 0.1) is 0 Å². The summed E-state index contributed by atoms with van der Waals surface area (Å²) in [4.78, 5) is 8.54. The van der Waals surface area contributed by atoms with Gasteiger partial charge < -0.3 is 10.6 Å². The van der Waals surface area contributed by atoms with Crippen LogP contribution in [0.15, 0.2) is 40.5 Å². The zero-order valence-corrected chi connectivity index (χ0v) is 19.9. The second-order valence-corrected chi connectivity index (χ2v) is 8.69. The lowest BCUT2D eigenvalue weighted by Crippen LogP contribution is -2.41. The molecule has 0 radical (unpaired) electrons. The number of benzene rings is 1. The van der Waals surface area contributed by atoms with Gasteiger partial charge >= 0.3 is 0 Å². The third-order valence-electron chi connectivity index (χ3n) is 3.59. The quantitative estimate of drug-likeness (QED) is 0.301. The van der Waals surface area contributed by atoms with E-state index in [2.05, 4.69) is 30.4 Å². The molecule has 0 atom stereocenters. The molecule has 0 saturated carbocycles. The average molecular weight is 521 g/mol. The minimum absolute atomic E-state index is 0. The summed E-state index contributed by atoms with van der Waals surface area (Å²) in [6.07, 6.45) is 1.48. The first-order valence-corrected chi connectivity index (χ1v) is 10.00. The molecular weight excluding hydrogens is 493 g/mol. The van der Waals surface area contributed by atoms with E-state index < -0.39 is 15.6 Å². The third kappa shape index (κ3) is 7.02. The summed E-state index contributed by atoms with van der Waals surface area (Å²) in [5.74, 6) is 1.30. The van der Waals surface area contributed by atoms with Gasteiger partial charge in [-0.1, -0.05) is 18.2 Å². The molecule has 3 N–H and O–H groups in total. The van der Waals surface area contributed by atoms with E-state index in [1.54, 1.807) is 29.9 Å². The molecule has 0 amide bonds. The van der Waals surface area contributed by atoms with E-state index in [-0.39, 0.29) is 28.9 Å². The molecule has 9 nitrogen and oxygen atoms in total. The van der Waals surface area contributed by atoms with Gasteiger partial charge in [0.2, 0.25) is 10.0 Å². The van der Waals surface area contributed by atoms with Crippen LogP contribution in [-0.2, 0) is 30.2 Å². The smallest absolute Gasteiger partial charge is 0.241 e. The number of nitrogens with one attached hydrogen (secondary N) is 3. The van der Waals surface area contributed by atoms with Crippen molar-refractivity contribution in [3.8, 4) is 0 Å². The first-order chi connectivity index (χ1) is 12.6. The normalized spacial score (nSPS) is 12.4. The monoisotopic (exact) mass is 521 g/mol. The molecule has 11 heteroatoms. The lowest BCUT2D eigenvalue weighted by molar-refractivity contribution is 0.491. The Labute approximate surface area is 183 Å². The number of rotatable bonds is 6. The fraction of sp³-hybridized carbons (Fsp3) is 0.471. The summed E-state index contributed by atoms with van der Waals surface area (Å²) in [6, 6.07) is 6.89. The van der Waals surface area contributed by atoms with Gasteiger partial charge in [-0.2, -0.15) is 5.10 Å². The molecule has 156 valence electrons. The number of nitrogens with zero attached hydrogens (tertiary/aromatic N) is 4. The summed E-state index contributed by atoms with van der Waals surface area (Å²) in [5.41, 5.74) is 0.0865. The minimum atomic E-state index is -3.63. The highest BCUT2D eigenvalue weighted by Crippen LogP contribution is 2.17. The summed E-state index contributed by atoms with van der Waals surface area (Å²) in [7, 11) is -0.171. The van der Waals surface area contributed by atoms with Crippen LogP contribution in [0.25, 0.3) is 0 Å². The van der Waals surface area contributed by atoms with Crippen molar-refractivity contribution in [2.45, 2.75) is 44.3 Å². The van der Waals surface area contributed by atoms with Gasteiger partial charge in [-0.3, -0.25) is 9.67 Å². The molecule has 0 spiro atoms. The van der Waals surface area contributed by atoms with E-state index >= 15 is 0 Å². The first-order valence-electron chi connectivity index (χ1n) is 8.51. The lowest BCUT2D eigenvalue weighted by Gasteiger charge is -2.22. The van der Waals surface area contributed by atoms with Gasteiger partial charge in [0.15, 0.2) is 5.96 Å². The van der Waals surface area contributed by atoms with Crippen molar-refractivity contribution in [1.82, 2.24) is 30.1 Å². The van der Waals surface area contributed by atoms with Crippen LogP contribution < -0.4 is 15.4 Å². The summed E-state index contributed by atoms with van der Waals surface area (Å²) < 4.78 is 29.7. The Morgan fingerprint density at radius 2 is 1.82 bits per heavy atom. The third-order valence-corrected chi connectivity index (χ3v) is 5.45. The van der Waals surface area contributed by atoms with Gasteiger partial charge in [0.1, 0.15) is 12.2 Å². The topological polar surface area (TPSA) is 113 Å². The van der Waals surface area contributed by atoms with E-state index in [1.807, 2.05) is 33.9 Å². The summed E-state index contributed by atoms with van der Waals surface area (Å²) in [5, 5.41) is 10.3. The van der Waals surface area contributed by atoms with Gasteiger partial charge in [0, 0.05) is 26.2 Å². The highest BCUT2D eigenvalue weighted by Gasteiger charge is 2.24. The Balaban J connectivity index is 0.00000392. The number of halogens is 1. The predicted molar refractivity (Wildman–Crippen MR) is 120 cm³/mol. The molecule has 1 aromatic carbocycles. The van der Waals surface area contributed by atoms with E-state index in [0.29, 0.717) is 24.6 Å². The van der Waals surface area contributed by atoms with Crippen molar-refractivity contribution >= 4 is 40.0 Å². The van der Waals surface area contributed by atoms with E-state index in [0.717, 1.165) is 5.82 Å². The number of hydrogen-bond donors (Lipinski definition) is 3. The predicted octanol–water partition coefficient (Wildman–Crippen LogP) is 1.38. The molecule has 1 heterocycles. The second kappa shape index (κ2) is 10.2. The highest BCUT2D eigenvalue weighted by atomic mass is 127. The summed E-state index contributed by atoms with van der Waals surface area (Å²) >= 11 is 0. The number of aryl methyl sites for hydroxylation is 1. The van der Waals surface area contributed by atoms with Crippen LogP contribution in [0.4, 0.5) is 0 Å². The number of aliphatic imine (C=N–C) groups is 1. The molecular formula is C17H28IN7O2S. The molecule has 0 aliphatic rings. The maximum absolute atomic E-state index is 12.7. The lowest BCUT2D eigenvalue weighted by atomic mass is 10.1. The molecule has 1 aromatic heterocycles. The van der Waals surface area contributed by atoms with Crippen molar-refractivity contribution in [1.29, 1.82) is 0 Å². The van der Waals surface area contributed by atoms with E-state index in [9.17, 15) is 8.42 Å². The zero-order chi connectivity index (χ0) is 20.1. The first kappa shape index (κ1) is 24.3. The van der Waals surface area contributed by atoms with Crippen LogP contribution in [0.5, 0.6) is 0 Å². The van der Waals surface area contributed by atoms with Crippen molar-refractivity contribution in [3.63, 3.8) is 0 Å². The Kier molecular flexibility index (Phi) is 8.82. The fourth-order valence-electron chi connectivity index (χ4n) is 2.41. The van der Waals surface area contributed by atoms with Gasteiger partial charge in [-0.05, 0) is 32.4 Å². The Morgan fingerprint density at radius 1 is 1.18 bits per heavy atom. The van der Waals surface area contributed by atoms with Crippen LogP contribution >= 0.6 is 24.0 Å².